The number of hydrogen-bond acceptors (Lipinski definition) is 4. The molecule has 2 N–H and O–H groups in total. The number of methoxy groups -OCH3 is 1. The number of hydrogen-bond donors (Lipinski definition) is 2. The third kappa shape index (κ3) is 4.47. The van der Waals surface area contributed by atoms with Gasteiger partial charge in [0.25, 0.3) is 0 Å². The van der Waals surface area contributed by atoms with Crippen LogP contribution < -0.4 is 15.4 Å². The van der Waals surface area contributed by atoms with E-state index in [1.807, 2.05) is 0 Å². The number of nitrogens with one attached hydrogen (secondary N) is 2. The monoisotopic (exact) mass is 277 g/mol. The smallest absolute Gasteiger partial charge is 0.123 e. The molecule has 0 saturated carbocycles. The summed E-state index contributed by atoms with van der Waals surface area (Å²) in [5.41, 5.74) is 2.57. The first-order valence-electron chi connectivity index (χ1n) is 7.63. The van der Waals surface area contributed by atoms with Gasteiger partial charge in [-0.15, -0.1) is 0 Å². The van der Waals surface area contributed by atoms with Crippen LogP contribution in [0.3, 0.4) is 0 Å². The average molecular weight is 277 g/mol. The van der Waals surface area contributed by atoms with Gasteiger partial charge in [-0.05, 0) is 37.7 Å². The van der Waals surface area contributed by atoms with Gasteiger partial charge < -0.3 is 15.4 Å². The summed E-state index contributed by atoms with van der Waals surface area (Å²) in [7, 11) is 1.75. The average Bonchev–Trinajstić information content (AvgIpc) is 2.74. The van der Waals surface area contributed by atoms with Gasteiger partial charge in [0, 0.05) is 31.7 Å². The molecule has 0 aliphatic carbocycles. The summed E-state index contributed by atoms with van der Waals surface area (Å²) in [5.74, 6) is 0.997. The Morgan fingerprint density at radius 2 is 2.20 bits per heavy atom. The molecule has 112 valence electrons. The summed E-state index contributed by atoms with van der Waals surface area (Å²) in [4.78, 5) is 2.51. The summed E-state index contributed by atoms with van der Waals surface area (Å²) < 4.78 is 5.53. The molecule has 1 aromatic rings. The topological polar surface area (TPSA) is 36.5 Å². The van der Waals surface area contributed by atoms with Crippen LogP contribution in [0.5, 0.6) is 5.75 Å². The molecule has 0 atom stereocenters. The predicted molar refractivity (Wildman–Crippen MR) is 83.1 cm³/mol. The highest BCUT2D eigenvalue weighted by molar-refractivity contribution is 5.37. The minimum absolute atomic E-state index is 0.869. The van der Waals surface area contributed by atoms with Crippen molar-refractivity contribution in [2.24, 2.45) is 0 Å². The molecule has 4 nitrogen and oxygen atoms in total. The van der Waals surface area contributed by atoms with Crippen LogP contribution in [0.25, 0.3) is 0 Å². The number of ether oxygens (including phenoxy) is 1. The fraction of sp³-hybridized carbons (Fsp3) is 0.625. The zero-order valence-corrected chi connectivity index (χ0v) is 12.7. The first-order chi connectivity index (χ1) is 9.83. The van der Waals surface area contributed by atoms with Crippen LogP contribution in [-0.2, 0) is 13.1 Å². The lowest BCUT2D eigenvalue weighted by Gasteiger charge is -2.20. The van der Waals surface area contributed by atoms with Crippen molar-refractivity contribution in [3.63, 3.8) is 0 Å². The number of nitrogens with zero attached hydrogens (tertiary/aromatic N) is 1. The highest BCUT2D eigenvalue weighted by Gasteiger charge is 2.10. The Hall–Kier alpha value is -1.10. The van der Waals surface area contributed by atoms with Gasteiger partial charge in [-0.1, -0.05) is 19.1 Å². The molecule has 0 bridgehead atoms. The maximum absolute atomic E-state index is 5.53. The van der Waals surface area contributed by atoms with Gasteiger partial charge in [-0.25, -0.2) is 0 Å². The molecule has 0 unspecified atom stereocenters. The molecule has 1 aromatic carbocycles. The van der Waals surface area contributed by atoms with Gasteiger partial charge >= 0.3 is 0 Å². The fourth-order valence-electron chi connectivity index (χ4n) is 2.61. The highest BCUT2D eigenvalue weighted by Crippen LogP contribution is 2.21. The van der Waals surface area contributed by atoms with Crippen LogP contribution in [0.2, 0.25) is 0 Å². The van der Waals surface area contributed by atoms with Gasteiger partial charge in [-0.2, -0.15) is 0 Å². The largest absolute Gasteiger partial charge is 0.496 e. The third-order valence-electron chi connectivity index (χ3n) is 3.76. The molecule has 1 fully saturated rings. The Bertz CT molecular complexity index is 401. The minimum atomic E-state index is 0.869. The van der Waals surface area contributed by atoms with E-state index in [2.05, 4.69) is 40.7 Å². The minimum Gasteiger partial charge on any atom is -0.496 e. The van der Waals surface area contributed by atoms with Crippen molar-refractivity contribution < 1.29 is 4.74 Å². The first kappa shape index (κ1) is 15.3. The van der Waals surface area contributed by atoms with Crippen molar-refractivity contribution in [3.05, 3.63) is 29.3 Å². The molecule has 1 aliphatic rings. The molecule has 2 rings (SSSR count). The van der Waals surface area contributed by atoms with Crippen LogP contribution in [-0.4, -0.2) is 44.7 Å². The molecule has 4 heteroatoms. The van der Waals surface area contributed by atoms with Crippen LogP contribution >= 0.6 is 0 Å². The van der Waals surface area contributed by atoms with Crippen molar-refractivity contribution >= 4 is 0 Å². The van der Waals surface area contributed by atoms with E-state index in [1.54, 1.807) is 7.11 Å². The van der Waals surface area contributed by atoms with E-state index in [-0.39, 0.29) is 0 Å². The van der Waals surface area contributed by atoms with E-state index in [9.17, 15) is 0 Å². The summed E-state index contributed by atoms with van der Waals surface area (Å²) in [6.07, 6.45) is 1.23. The summed E-state index contributed by atoms with van der Waals surface area (Å²) in [5, 5.41) is 6.79. The Morgan fingerprint density at radius 1 is 1.30 bits per heavy atom. The molecule has 1 heterocycles. The van der Waals surface area contributed by atoms with Crippen molar-refractivity contribution in [3.8, 4) is 5.75 Å². The Kier molecular flexibility index (Phi) is 6.30. The van der Waals surface area contributed by atoms with Gasteiger partial charge in [0.1, 0.15) is 5.75 Å². The van der Waals surface area contributed by atoms with E-state index in [4.69, 9.17) is 4.74 Å². The first-order valence-corrected chi connectivity index (χ1v) is 7.63. The van der Waals surface area contributed by atoms with Gasteiger partial charge in [-0.3, -0.25) is 4.90 Å². The molecule has 20 heavy (non-hydrogen) atoms. The van der Waals surface area contributed by atoms with E-state index in [0.29, 0.717) is 0 Å². The number of benzene rings is 1. The Balaban J connectivity index is 2.00. The molecular weight excluding hydrogens is 250 g/mol. The molecule has 0 spiro atoms. The van der Waals surface area contributed by atoms with Gasteiger partial charge in [0.15, 0.2) is 0 Å². The molecule has 0 amide bonds. The van der Waals surface area contributed by atoms with Gasteiger partial charge in [0.2, 0.25) is 0 Å². The van der Waals surface area contributed by atoms with E-state index < -0.39 is 0 Å². The van der Waals surface area contributed by atoms with E-state index >= 15 is 0 Å². The van der Waals surface area contributed by atoms with Crippen LogP contribution in [0.15, 0.2) is 18.2 Å². The zero-order valence-electron chi connectivity index (χ0n) is 12.7. The second kappa shape index (κ2) is 8.25. The Labute approximate surface area is 122 Å². The maximum atomic E-state index is 5.53. The summed E-state index contributed by atoms with van der Waals surface area (Å²) >= 11 is 0. The number of rotatable bonds is 6. The Morgan fingerprint density at radius 3 is 3.00 bits per heavy atom. The summed E-state index contributed by atoms with van der Waals surface area (Å²) in [6.45, 7) is 9.51. The standard InChI is InChI=1S/C16H27N3O/c1-3-17-12-15-6-5-14(11-16(15)20-2)13-19-9-4-7-18-8-10-19/h5-6,11,17-18H,3-4,7-10,12-13H2,1-2H3. The lowest BCUT2D eigenvalue weighted by molar-refractivity contribution is 0.284. The van der Waals surface area contributed by atoms with Crippen LogP contribution in [0, 0.1) is 0 Å². The molecule has 1 aliphatic heterocycles. The van der Waals surface area contributed by atoms with Crippen LogP contribution in [0.4, 0.5) is 0 Å². The predicted octanol–water partition coefficient (Wildman–Crippen LogP) is 1.60. The highest BCUT2D eigenvalue weighted by atomic mass is 16.5. The van der Waals surface area contributed by atoms with Gasteiger partial charge in [0.05, 0.1) is 7.11 Å². The zero-order chi connectivity index (χ0) is 14.2. The van der Waals surface area contributed by atoms with Crippen LogP contribution in [0.1, 0.15) is 24.5 Å². The second-order valence-electron chi connectivity index (χ2n) is 5.31. The lowest BCUT2D eigenvalue weighted by Crippen LogP contribution is -2.27. The van der Waals surface area contributed by atoms with E-state index in [0.717, 1.165) is 45.0 Å². The fourth-order valence-corrected chi connectivity index (χ4v) is 2.61. The quantitative estimate of drug-likeness (QED) is 0.828. The third-order valence-corrected chi connectivity index (χ3v) is 3.76. The molecule has 1 saturated heterocycles. The van der Waals surface area contributed by atoms with Crippen molar-refractivity contribution in [1.29, 1.82) is 0 Å². The molecule has 0 radical (unpaired) electrons. The van der Waals surface area contributed by atoms with E-state index in [1.165, 1.54) is 24.1 Å². The summed E-state index contributed by atoms with van der Waals surface area (Å²) in [6, 6.07) is 6.60. The van der Waals surface area contributed by atoms with Crippen molar-refractivity contribution in [1.82, 2.24) is 15.5 Å². The second-order valence-corrected chi connectivity index (χ2v) is 5.31. The maximum Gasteiger partial charge on any atom is 0.123 e. The lowest BCUT2D eigenvalue weighted by atomic mass is 10.1. The molecular formula is C16H27N3O. The van der Waals surface area contributed by atoms with Crippen molar-refractivity contribution in [2.45, 2.75) is 26.4 Å². The van der Waals surface area contributed by atoms with Crippen molar-refractivity contribution in [2.75, 3.05) is 39.8 Å². The normalized spacial score (nSPS) is 16.9. The SMILES string of the molecule is CCNCc1ccc(CN2CCCNCC2)cc1OC. The molecule has 0 aromatic heterocycles.